The van der Waals surface area contributed by atoms with Crippen LogP contribution in [0.5, 0.6) is 0 Å². The van der Waals surface area contributed by atoms with Gasteiger partial charge in [0.25, 0.3) is 5.91 Å². The van der Waals surface area contributed by atoms with Crippen LogP contribution in [0.2, 0.25) is 0 Å². The topological polar surface area (TPSA) is 137 Å². The van der Waals surface area contributed by atoms with Crippen LogP contribution in [0.15, 0.2) is 35.4 Å². The number of morpholine rings is 1. The zero-order valence-electron chi connectivity index (χ0n) is 19.8. The Morgan fingerprint density at radius 3 is 2.19 bits per heavy atom. The summed E-state index contributed by atoms with van der Waals surface area (Å²) in [4.78, 5) is 24.4. The highest BCUT2D eigenvalue weighted by atomic mass is 32.2. The second-order valence-corrected chi connectivity index (χ2v) is 12.6. The molecule has 12 heteroatoms. The van der Waals surface area contributed by atoms with Gasteiger partial charge in [-0.1, -0.05) is 0 Å². The Labute approximate surface area is 209 Å². The fraction of sp³-hybridized carbons (Fsp3) is 0.583. The zero-order valence-corrected chi connectivity index (χ0v) is 20.7. The molecule has 1 aromatic carbocycles. The van der Waals surface area contributed by atoms with Gasteiger partial charge in [0.2, 0.25) is 15.7 Å². The summed E-state index contributed by atoms with van der Waals surface area (Å²) in [5.74, 6) is 1.20. The lowest BCUT2D eigenvalue weighted by atomic mass is 9.53. The third kappa shape index (κ3) is 4.00. The lowest BCUT2D eigenvalue weighted by molar-refractivity contribution is -0.385. The van der Waals surface area contributed by atoms with Crippen molar-refractivity contribution in [2.24, 2.45) is 17.8 Å². The van der Waals surface area contributed by atoms with Crippen LogP contribution in [-0.4, -0.2) is 59.6 Å². The van der Waals surface area contributed by atoms with Crippen molar-refractivity contribution in [3.05, 3.63) is 46.3 Å². The Balaban J connectivity index is 1.22. The number of carbonyl (C=O) groups excluding carboxylic acids is 1. The molecule has 1 aromatic heterocycles. The van der Waals surface area contributed by atoms with E-state index in [1.54, 1.807) is 4.68 Å². The first-order valence-corrected chi connectivity index (χ1v) is 13.9. The Morgan fingerprint density at radius 2 is 1.64 bits per heavy atom. The van der Waals surface area contributed by atoms with Gasteiger partial charge in [0, 0.05) is 18.8 Å². The average molecular weight is 516 g/mol. The standard InChI is InChI=1S/C24H29N5O6S/c30-23(25-19-1-3-20(4-2-19)36(33,34)27-5-7-35-8-6-27)22-21(29(31)32)15-28(26-22)24-12-16-9-17(13-24)11-18(10-16)14-24/h1-4,15-18H,5-14H2,(H,25,30). The van der Waals surface area contributed by atoms with E-state index in [2.05, 4.69) is 10.4 Å². The highest BCUT2D eigenvalue weighted by Gasteiger charge is 2.53. The molecule has 2 heterocycles. The SMILES string of the molecule is O=C(Nc1ccc(S(=O)(=O)N2CCOCC2)cc1)c1nn(C23CC4CC(CC(C4)C2)C3)cc1[N+](=O)[O-]. The molecule has 4 aliphatic carbocycles. The number of hydrogen-bond acceptors (Lipinski definition) is 7. The highest BCUT2D eigenvalue weighted by Crippen LogP contribution is 2.58. The van der Waals surface area contributed by atoms with E-state index in [0.717, 1.165) is 19.3 Å². The zero-order chi connectivity index (χ0) is 25.1. The fourth-order valence-corrected chi connectivity index (χ4v) is 8.49. The summed E-state index contributed by atoms with van der Waals surface area (Å²) in [6.07, 6.45) is 7.99. The summed E-state index contributed by atoms with van der Waals surface area (Å²) in [6.45, 7) is 1.28. The van der Waals surface area contributed by atoms with E-state index < -0.39 is 20.9 Å². The molecule has 2 aromatic rings. The van der Waals surface area contributed by atoms with E-state index in [0.29, 0.717) is 36.7 Å². The van der Waals surface area contributed by atoms with Crippen LogP contribution < -0.4 is 5.32 Å². The molecule has 7 rings (SSSR count). The number of sulfonamides is 1. The van der Waals surface area contributed by atoms with Crippen LogP contribution in [0.1, 0.15) is 49.0 Å². The van der Waals surface area contributed by atoms with E-state index in [1.165, 1.54) is 54.0 Å². The summed E-state index contributed by atoms with van der Waals surface area (Å²) in [5.41, 5.74) is -0.442. The fourth-order valence-electron chi connectivity index (χ4n) is 7.09. The third-order valence-electron chi connectivity index (χ3n) is 8.32. The molecule has 5 fully saturated rings. The van der Waals surface area contributed by atoms with Crippen molar-refractivity contribution in [3.63, 3.8) is 0 Å². The number of hydrogen-bond donors (Lipinski definition) is 1. The number of ether oxygens (including phenoxy) is 1. The number of amides is 1. The smallest absolute Gasteiger partial charge is 0.320 e. The monoisotopic (exact) mass is 515 g/mol. The summed E-state index contributed by atoms with van der Waals surface area (Å²) in [5, 5.41) is 19.0. The number of nitrogens with one attached hydrogen (secondary N) is 1. The van der Waals surface area contributed by atoms with E-state index in [4.69, 9.17) is 4.74 Å². The molecule has 1 N–H and O–H groups in total. The second kappa shape index (κ2) is 8.63. The van der Waals surface area contributed by atoms with Crippen LogP contribution in [-0.2, 0) is 20.3 Å². The molecule has 1 aliphatic heterocycles. The van der Waals surface area contributed by atoms with Crippen molar-refractivity contribution in [2.75, 3.05) is 31.6 Å². The summed E-state index contributed by atoms with van der Waals surface area (Å²) in [7, 11) is -3.66. The lowest BCUT2D eigenvalue weighted by Crippen LogP contribution is -2.52. The summed E-state index contributed by atoms with van der Waals surface area (Å²) in [6, 6.07) is 5.80. The number of nitrogens with zero attached hydrogens (tertiary/aromatic N) is 4. The Morgan fingerprint density at radius 1 is 1.06 bits per heavy atom. The van der Waals surface area contributed by atoms with Crippen LogP contribution in [0, 0.1) is 27.9 Å². The molecule has 4 bridgehead atoms. The average Bonchev–Trinajstić information content (AvgIpc) is 3.31. The van der Waals surface area contributed by atoms with Gasteiger partial charge in [-0.3, -0.25) is 19.6 Å². The minimum Gasteiger partial charge on any atom is -0.379 e. The minimum absolute atomic E-state index is 0.111. The lowest BCUT2D eigenvalue weighted by Gasteiger charge is -2.56. The second-order valence-electron chi connectivity index (χ2n) is 10.7. The third-order valence-corrected chi connectivity index (χ3v) is 10.2. The van der Waals surface area contributed by atoms with Gasteiger partial charge in [-0.05, 0) is 80.5 Å². The van der Waals surface area contributed by atoms with Gasteiger partial charge in [0.1, 0.15) is 6.20 Å². The first-order chi connectivity index (χ1) is 17.2. The first-order valence-electron chi connectivity index (χ1n) is 12.5. The van der Waals surface area contributed by atoms with Crippen molar-refractivity contribution in [1.82, 2.24) is 14.1 Å². The normalized spacial score (nSPS) is 29.8. The number of anilines is 1. The van der Waals surface area contributed by atoms with E-state index in [-0.39, 0.29) is 34.9 Å². The maximum absolute atomic E-state index is 13.1. The molecule has 1 saturated heterocycles. The number of benzene rings is 1. The van der Waals surface area contributed by atoms with Gasteiger partial charge in [-0.25, -0.2) is 8.42 Å². The molecule has 11 nitrogen and oxygen atoms in total. The molecule has 36 heavy (non-hydrogen) atoms. The molecule has 0 radical (unpaired) electrons. The van der Waals surface area contributed by atoms with Gasteiger partial charge in [-0.2, -0.15) is 9.40 Å². The highest BCUT2D eigenvalue weighted by molar-refractivity contribution is 7.89. The van der Waals surface area contributed by atoms with Crippen LogP contribution in [0.4, 0.5) is 11.4 Å². The quantitative estimate of drug-likeness (QED) is 0.461. The Hall–Kier alpha value is -2.83. The summed E-state index contributed by atoms with van der Waals surface area (Å²) >= 11 is 0. The van der Waals surface area contributed by atoms with Gasteiger partial charge >= 0.3 is 5.69 Å². The maximum atomic E-state index is 13.1. The Bertz CT molecular complexity index is 1260. The maximum Gasteiger partial charge on any atom is 0.320 e. The van der Waals surface area contributed by atoms with Crippen molar-refractivity contribution in [2.45, 2.75) is 49.0 Å². The van der Waals surface area contributed by atoms with Crippen molar-refractivity contribution in [1.29, 1.82) is 0 Å². The predicted molar refractivity (Wildman–Crippen MR) is 129 cm³/mol. The predicted octanol–water partition coefficient (Wildman–Crippen LogP) is 2.99. The molecular weight excluding hydrogens is 486 g/mol. The van der Waals surface area contributed by atoms with Crippen LogP contribution in [0.25, 0.3) is 0 Å². The van der Waals surface area contributed by atoms with Crippen LogP contribution in [0.3, 0.4) is 0 Å². The van der Waals surface area contributed by atoms with E-state index in [1.807, 2.05) is 0 Å². The van der Waals surface area contributed by atoms with Gasteiger partial charge in [-0.15, -0.1) is 0 Å². The number of rotatable bonds is 6. The van der Waals surface area contributed by atoms with Crippen molar-refractivity contribution in [3.8, 4) is 0 Å². The summed E-state index contributed by atoms with van der Waals surface area (Å²) < 4.78 is 33.9. The molecule has 0 spiro atoms. The molecular formula is C24H29N5O6S. The number of aromatic nitrogens is 2. The molecule has 5 aliphatic rings. The molecule has 4 saturated carbocycles. The van der Waals surface area contributed by atoms with Crippen molar-refractivity contribution >= 4 is 27.3 Å². The van der Waals surface area contributed by atoms with Gasteiger partial charge in [0.15, 0.2) is 0 Å². The molecule has 0 unspecified atom stereocenters. The van der Waals surface area contributed by atoms with Crippen molar-refractivity contribution < 1.29 is 22.9 Å². The van der Waals surface area contributed by atoms with E-state index in [9.17, 15) is 23.3 Å². The van der Waals surface area contributed by atoms with E-state index >= 15 is 0 Å². The first kappa shape index (κ1) is 23.6. The van der Waals surface area contributed by atoms with Gasteiger partial charge in [0.05, 0.1) is 28.6 Å². The Kier molecular flexibility index (Phi) is 5.65. The molecule has 0 atom stereocenters. The molecule has 1 amide bonds. The number of carbonyl (C=O) groups is 1. The molecule has 192 valence electrons. The largest absolute Gasteiger partial charge is 0.379 e. The van der Waals surface area contributed by atoms with Crippen LogP contribution >= 0.6 is 0 Å². The number of nitro groups is 1. The van der Waals surface area contributed by atoms with Gasteiger partial charge < -0.3 is 10.1 Å². The minimum atomic E-state index is -3.66.